The van der Waals surface area contributed by atoms with Crippen LogP contribution in [0.3, 0.4) is 0 Å². The second-order valence-corrected chi connectivity index (χ2v) is 3.86. The Labute approximate surface area is 84.5 Å². The summed E-state index contributed by atoms with van der Waals surface area (Å²) in [6.45, 7) is 3.28. The first-order valence-corrected chi connectivity index (χ1v) is 5.82. The number of hydrogen-bond donors (Lipinski definition) is 3. The fourth-order valence-electron chi connectivity index (χ4n) is 1.40. The quantitative estimate of drug-likeness (QED) is 0.232. The van der Waals surface area contributed by atoms with Crippen molar-refractivity contribution in [3.63, 3.8) is 0 Å². The van der Waals surface area contributed by atoms with Gasteiger partial charge in [0.25, 0.3) is 0 Å². The number of unbranched alkanes of at least 4 members (excludes halogenated alkanes) is 2. The first kappa shape index (κ1) is 13.3. The molecule has 80 valence electrons. The molecule has 0 saturated heterocycles. The Morgan fingerprint density at radius 1 is 1.23 bits per heavy atom. The third-order valence-electron chi connectivity index (χ3n) is 2.27. The van der Waals surface area contributed by atoms with Gasteiger partial charge in [-0.2, -0.15) is 0 Å². The molecule has 0 radical (unpaired) electrons. The minimum atomic E-state index is 0.505. The maximum absolute atomic E-state index is 5.46. The fraction of sp³-hybridized carbons (Fsp3) is 1.00. The SMILES string of the molecule is CCCCCC(CCCNP)NN. The van der Waals surface area contributed by atoms with Gasteiger partial charge in [0, 0.05) is 6.04 Å². The standard InChI is InChI=1S/C9H24N3P/c1-2-3-4-6-9(12-10)7-5-8-11-13/h9,11-12H,2-8,10,13H2,1H3. The second-order valence-electron chi connectivity index (χ2n) is 3.46. The van der Waals surface area contributed by atoms with E-state index < -0.39 is 0 Å². The third kappa shape index (κ3) is 8.63. The third-order valence-corrected chi connectivity index (χ3v) is 2.55. The maximum Gasteiger partial charge on any atom is 0.0211 e. The zero-order valence-electron chi connectivity index (χ0n) is 8.68. The molecule has 3 nitrogen and oxygen atoms in total. The normalized spacial score (nSPS) is 13.2. The van der Waals surface area contributed by atoms with Crippen molar-refractivity contribution in [1.82, 2.24) is 10.5 Å². The molecule has 13 heavy (non-hydrogen) atoms. The van der Waals surface area contributed by atoms with Gasteiger partial charge in [0.1, 0.15) is 0 Å². The van der Waals surface area contributed by atoms with Crippen LogP contribution < -0.4 is 16.4 Å². The number of hydrazine groups is 1. The molecule has 4 N–H and O–H groups in total. The summed E-state index contributed by atoms with van der Waals surface area (Å²) < 4.78 is 0. The highest BCUT2D eigenvalue weighted by Gasteiger charge is 2.04. The highest BCUT2D eigenvalue weighted by atomic mass is 31.0. The largest absolute Gasteiger partial charge is 0.301 e. The van der Waals surface area contributed by atoms with E-state index in [2.05, 4.69) is 26.8 Å². The summed E-state index contributed by atoms with van der Waals surface area (Å²) in [4.78, 5) is 0. The molecule has 0 heterocycles. The zero-order chi connectivity index (χ0) is 9.94. The van der Waals surface area contributed by atoms with Crippen molar-refractivity contribution >= 4 is 9.39 Å². The van der Waals surface area contributed by atoms with Crippen LogP contribution in [0, 0.1) is 0 Å². The van der Waals surface area contributed by atoms with Crippen molar-refractivity contribution in [3.05, 3.63) is 0 Å². The second kappa shape index (κ2) is 10.4. The zero-order valence-corrected chi connectivity index (χ0v) is 9.84. The predicted octanol–water partition coefficient (Wildman–Crippen LogP) is 1.56. The Balaban J connectivity index is 3.28. The Hall–Kier alpha value is 0.310. The van der Waals surface area contributed by atoms with Crippen molar-refractivity contribution in [2.45, 2.75) is 51.5 Å². The lowest BCUT2D eigenvalue weighted by molar-refractivity contribution is 0.433. The van der Waals surface area contributed by atoms with E-state index in [1.807, 2.05) is 0 Å². The van der Waals surface area contributed by atoms with Gasteiger partial charge >= 0.3 is 0 Å². The van der Waals surface area contributed by atoms with E-state index >= 15 is 0 Å². The van der Waals surface area contributed by atoms with Crippen LogP contribution in [0.1, 0.15) is 45.4 Å². The van der Waals surface area contributed by atoms with Crippen molar-refractivity contribution in [2.24, 2.45) is 5.84 Å². The summed E-state index contributed by atoms with van der Waals surface area (Å²) in [5, 5.41) is 3.06. The minimum absolute atomic E-state index is 0.505. The molecule has 0 spiro atoms. The molecule has 0 aromatic carbocycles. The molecule has 0 aromatic heterocycles. The molecule has 0 aromatic rings. The topological polar surface area (TPSA) is 50.1 Å². The average molecular weight is 205 g/mol. The molecule has 0 bridgehead atoms. The average Bonchev–Trinajstić information content (AvgIpc) is 2.16. The van der Waals surface area contributed by atoms with Crippen LogP contribution in [0.5, 0.6) is 0 Å². The molecule has 4 heteroatoms. The summed E-state index contributed by atoms with van der Waals surface area (Å²) in [6.07, 6.45) is 7.46. The monoisotopic (exact) mass is 205 g/mol. The predicted molar refractivity (Wildman–Crippen MR) is 62.2 cm³/mol. The summed E-state index contributed by atoms with van der Waals surface area (Å²) in [7, 11) is 2.52. The van der Waals surface area contributed by atoms with Gasteiger partial charge in [-0.1, -0.05) is 35.6 Å². The van der Waals surface area contributed by atoms with E-state index in [0.29, 0.717) is 6.04 Å². The highest BCUT2D eigenvalue weighted by Crippen LogP contribution is 2.07. The van der Waals surface area contributed by atoms with Gasteiger partial charge in [0.2, 0.25) is 0 Å². The van der Waals surface area contributed by atoms with Gasteiger partial charge in [0.05, 0.1) is 0 Å². The molecule has 0 aliphatic carbocycles. The van der Waals surface area contributed by atoms with Crippen molar-refractivity contribution < 1.29 is 0 Å². The Morgan fingerprint density at radius 2 is 1.92 bits per heavy atom. The number of rotatable bonds is 9. The van der Waals surface area contributed by atoms with Crippen LogP contribution in [-0.2, 0) is 0 Å². The van der Waals surface area contributed by atoms with E-state index in [1.165, 1.54) is 38.5 Å². The first-order chi connectivity index (χ1) is 6.35. The van der Waals surface area contributed by atoms with Crippen LogP contribution >= 0.6 is 9.39 Å². The highest BCUT2D eigenvalue weighted by molar-refractivity contribution is 7.13. The first-order valence-electron chi connectivity index (χ1n) is 5.24. The molecule has 2 atom stereocenters. The molecule has 2 unspecified atom stereocenters. The van der Waals surface area contributed by atoms with Gasteiger partial charge < -0.3 is 5.09 Å². The number of nitrogens with one attached hydrogen (secondary N) is 2. The summed E-state index contributed by atoms with van der Waals surface area (Å²) in [5.74, 6) is 5.46. The van der Waals surface area contributed by atoms with E-state index in [-0.39, 0.29) is 0 Å². The maximum atomic E-state index is 5.46. The molecule has 0 aliphatic rings. The van der Waals surface area contributed by atoms with E-state index in [4.69, 9.17) is 5.84 Å². The van der Waals surface area contributed by atoms with Crippen molar-refractivity contribution in [3.8, 4) is 0 Å². The van der Waals surface area contributed by atoms with Crippen LogP contribution in [0.15, 0.2) is 0 Å². The fourth-order valence-corrected chi connectivity index (χ4v) is 1.61. The molecular weight excluding hydrogens is 181 g/mol. The van der Waals surface area contributed by atoms with E-state index in [1.54, 1.807) is 0 Å². The minimum Gasteiger partial charge on any atom is -0.301 e. The van der Waals surface area contributed by atoms with Gasteiger partial charge in [-0.05, 0) is 25.8 Å². The molecule has 0 fully saturated rings. The lowest BCUT2D eigenvalue weighted by atomic mass is 10.0. The Morgan fingerprint density at radius 3 is 2.46 bits per heavy atom. The molecular formula is C9H24N3P. The van der Waals surface area contributed by atoms with Crippen LogP contribution in [0.4, 0.5) is 0 Å². The summed E-state index contributed by atoms with van der Waals surface area (Å²) in [6, 6.07) is 0.505. The molecule has 0 saturated carbocycles. The molecule has 0 amide bonds. The molecule has 0 rings (SSSR count). The van der Waals surface area contributed by atoms with Gasteiger partial charge in [0.15, 0.2) is 0 Å². The van der Waals surface area contributed by atoms with Gasteiger partial charge in [-0.3, -0.25) is 11.3 Å². The van der Waals surface area contributed by atoms with Crippen LogP contribution in [-0.4, -0.2) is 12.6 Å². The Kier molecular flexibility index (Phi) is 10.6. The Bertz CT molecular complexity index is 90.9. The van der Waals surface area contributed by atoms with E-state index in [0.717, 1.165) is 6.54 Å². The summed E-state index contributed by atoms with van der Waals surface area (Å²) in [5.41, 5.74) is 2.89. The van der Waals surface area contributed by atoms with E-state index in [9.17, 15) is 0 Å². The number of hydrogen-bond acceptors (Lipinski definition) is 3. The van der Waals surface area contributed by atoms with Gasteiger partial charge in [-0.25, -0.2) is 0 Å². The van der Waals surface area contributed by atoms with Crippen LogP contribution in [0.2, 0.25) is 0 Å². The smallest absolute Gasteiger partial charge is 0.0211 e. The lowest BCUT2D eigenvalue weighted by Gasteiger charge is -2.14. The lowest BCUT2D eigenvalue weighted by Crippen LogP contribution is -2.35. The summed E-state index contributed by atoms with van der Waals surface area (Å²) >= 11 is 0. The van der Waals surface area contributed by atoms with Crippen LogP contribution in [0.25, 0.3) is 0 Å². The molecule has 0 aliphatic heterocycles. The van der Waals surface area contributed by atoms with Crippen molar-refractivity contribution in [1.29, 1.82) is 0 Å². The van der Waals surface area contributed by atoms with Crippen molar-refractivity contribution in [2.75, 3.05) is 6.54 Å². The van der Waals surface area contributed by atoms with Gasteiger partial charge in [-0.15, -0.1) is 0 Å². The number of nitrogens with two attached hydrogens (primary N) is 1.